The van der Waals surface area contributed by atoms with Crippen molar-refractivity contribution in [2.24, 2.45) is 0 Å². The lowest BCUT2D eigenvalue weighted by Gasteiger charge is -2.20. The second-order valence-corrected chi connectivity index (χ2v) is 7.68. The van der Waals surface area contributed by atoms with Crippen LogP contribution in [-0.2, 0) is 5.41 Å². The summed E-state index contributed by atoms with van der Waals surface area (Å²) in [6.07, 6.45) is 0. The van der Waals surface area contributed by atoms with Crippen LogP contribution in [0.25, 0.3) is 0 Å². The maximum absolute atomic E-state index is 13.3. The second kappa shape index (κ2) is 5.98. The van der Waals surface area contributed by atoms with Gasteiger partial charge >= 0.3 is 0 Å². The van der Waals surface area contributed by atoms with Crippen molar-refractivity contribution in [3.8, 4) is 0 Å². The lowest BCUT2D eigenvalue weighted by Crippen LogP contribution is -2.10. The van der Waals surface area contributed by atoms with Crippen molar-refractivity contribution >= 4 is 31.9 Å². The summed E-state index contributed by atoms with van der Waals surface area (Å²) in [5, 5.41) is 0. The average Bonchev–Trinajstić information content (AvgIpc) is 2.40. The minimum Gasteiger partial charge on any atom is -0.206 e. The molecule has 106 valence electrons. The largest absolute Gasteiger partial charge is 0.206 e. The van der Waals surface area contributed by atoms with Crippen molar-refractivity contribution in [1.29, 1.82) is 0 Å². The molecular weight excluding hydrogens is 383 g/mol. The van der Waals surface area contributed by atoms with E-state index in [0.29, 0.717) is 4.47 Å². The van der Waals surface area contributed by atoms with Gasteiger partial charge in [0.15, 0.2) is 0 Å². The smallest absolute Gasteiger partial charge is 0.137 e. The van der Waals surface area contributed by atoms with Gasteiger partial charge in [-0.15, -0.1) is 0 Å². The van der Waals surface area contributed by atoms with Gasteiger partial charge in [0.25, 0.3) is 0 Å². The van der Waals surface area contributed by atoms with E-state index in [1.165, 1.54) is 11.6 Å². The van der Waals surface area contributed by atoms with Crippen molar-refractivity contribution in [2.75, 3.05) is 0 Å². The molecule has 0 aliphatic rings. The van der Waals surface area contributed by atoms with E-state index >= 15 is 0 Å². The Hall–Kier alpha value is -0.670. The van der Waals surface area contributed by atoms with Crippen LogP contribution in [0.1, 0.15) is 42.3 Å². The van der Waals surface area contributed by atoms with Gasteiger partial charge in [-0.05, 0) is 50.2 Å². The lowest BCUT2D eigenvalue weighted by atomic mass is 9.86. The molecule has 0 heterocycles. The van der Waals surface area contributed by atoms with E-state index in [0.717, 1.165) is 11.1 Å². The maximum atomic E-state index is 13.3. The van der Waals surface area contributed by atoms with Gasteiger partial charge in [0.1, 0.15) is 5.82 Å². The minimum absolute atomic E-state index is 0.0634. The average molecular weight is 400 g/mol. The highest BCUT2D eigenvalue weighted by Gasteiger charge is 2.16. The number of hydrogen-bond acceptors (Lipinski definition) is 0. The first-order valence-corrected chi connectivity index (χ1v) is 8.19. The highest BCUT2D eigenvalue weighted by atomic mass is 79.9. The van der Waals surface area contributed by atoms with E-state index in [1.54, 1.807) is 6.07 Å². The maximum Gasteiger partial charge on any atom is 0.137 e. The fourth-order valence-corrected chi connectivity index (χ4v) is 3.00. The Bertz CT molecular complexity index is 597. The van der Waals surface area contributed by atoms with Crippen molar-refractivity contribution in [3.05, 3.63) is 69.4 Å². The summed E-state index contributed by atoms with van der Waals surface area (Å²) in [7, 11) is 0. The molecule has 0 saturated heterocycles. The number of rotatable bonds is 2. The first-order valence-electron chi connectivity index (χ1n) is 6.48. The molecule has 0 bridgehead atoms. The molecule has 0 aliphatic carbocycles. The zero-order valence-electron chi connectivity index (χ0n) is 11.8. The lowest BCUT2D eigenvalue weighted by molar-refractivity contribution is 0.590. The third-order valence-corrected chi connectivity index (χ3v) is 4.97. The van der Waals surface area contributed by atoms with Crippen LogP contribution in [0.2, 0.25) is 0 Å². The van der Waals surface area contributed by atoms with Crippen LogP contribution in [0, 0.1) is 5.82 Å². The molecule has 20 heavy (non-hydrogen) atoms. The van der Waals surface area contributed by atoms with Gasteiger partial charge in [0.2, 0.25) is 0 Å². The van der Waals surface area contributed by atoms with Gasteiger partial charge in [-0.25, -0.2) is 4.39 Å². The third-order valence-electron chi connectivity index (χ3n) is 3.31. The fourth-order valence-electron chi connectivity index (χ4n) is 2.01. The van der Waals surface area contributed by atoms with Crippen molar-refractivity contribution in [3.63, 3.8) is 0 Å². The van der Waals surface area contributed by atoms with E-state index in [-0.39, 0.29) is 16.1 Å². The van der Waals surface area contributed by atoms with Crippen LogP contribution >= 0.6 is 31.9 Å². The number of benzene rings is 2. The number of alkyl halides is 1. The molecule has 0 aromatic heterocycles. The predicted octanol–water partition coefficient (Wildman–Crippen LogP) is 6.37. The Labute approximate surface area is 136 Å². The normalized spacial score (nSPS) is 13.3. The highest BCUT2D eigenvalue weighted by molar-refractivity contribution is 9.10. The van der Waals surface area contributed by atoms with Crippen LogP contribution in [0.15, 0.2) is 46.9 Å². The first kappa shape index (κ1) is 15.7. The summed E-state index contributed by atoms with van der Waals surface area (Å²) in [6.45, 7) is 6.60. The molecule has 3 heteroatoms. The SMILES string of the molecule is CC(C)(C)c1ccc(C(Br)c2ccc(F)c(Br)c2)cc1. The van der Waals surface area contributed by atoms with Crippen LogP contribution in [0.5, 0.6) is 0 Å². The van der Waals surface area contributed by atoms with Gasteiger partial charge in [0.05, 0.1) is 9.30 Å². The summed E-state index contributed by atoms with van der Waals surface area (Å²) in [6, 6.07) is 13.7. The quantitative estimate of drug-likeness (QED) is 0.514. The summed E-state index contributed by atoms with van der Waals surface area (Å²) in [5.41, 5.74) is 3.65. The number of hydrogen-bond donors (Lipinski definition) is 0. The Morgan fingerprint density at radius 2 is 1.50 bits per heavy atom. The molecule has 2 aromatic carbocycles. The fraction of sp³-hybridized carbons (Fsp3) is 0.294. The van der Waals surface area contributed by atoms with Gasteiger partial charge in [-0.2, -0.15) is 0 Å². The second-order valence-electron chi connectivity index (χ2n) is 5.91. The summed E-state index contributed by atoms with van der Waals surface area (Å²) in [5.74, 6) is -0.239. The zero-order chi connectivity index (χ0) is 14.9. The van der Waals surface area contributed by atoms with Crippen LogP contribution in [-0.4, -0.2) is 0 Å². The van der Waals surface area contributed by atoms with Crippen molar-refractivity contribution in [2.45, 2.75) is 31.0 Å². The molecule has 0 N–H and O–H groups in total. The van der Waals surface area contributed by atoms with E-state index in [2.05, 4.69) is 76.9 Å². The molecular formula is C17H17Br2F. The minimum atomic E-state index is -0.239. The molecule has 0 amide bonds. The zero-order valence-corrected chi connectivity index (χ0v) is 14.9. The van der Waals surface area contributed by atoms with Crippen LogP contribution in [0.3, 0.4) is 0 Å². The molecule has 0 spiro atoms. The molecule has 2 rings (SSSR count). The molecule has 1 atom stereocenters. The highest BCUT2D eigenvalue weighted by Crippen LogP contribution is 2.34. The Morgan fingerprint density at radius 3 is 2.00 bits per heavy atom. The molecule has 0 saturated carbocycles. The molecule has 0 nitrogen and oxygen atoms in total. The van der Waals surface area contributed by atoms with E-state index < -0.39 is 0 Å². The summed E-state index contributed by atoms with van der Waals surface area (Å²) < 4.78 is 13.8. The van der Waals surface area contributed by atoms with Gasteiger partial charge in [-0.1, -0.05) is 67.0 Å². The standard InChI is InChI=1S/C17H17Br2F/c1-17(2,3)13-7-4-11(5-8-13)16(19)12-6-9-15(20)14(18)10-12/h4-10,16H,1-3H3. The summed E-state index contributed by atoms with van der Waals surface area (Å²) in [4.78, 5) is 0.0634. The van der Waals surface area contributed by atoms with Crippen molar-refractivity contribution in [1.82, 2.24) is 0 Å². The van der Waals surface area contributed by atoms with E-state index in [4.69, 9.17) is 0 Å². The Morgan fingerprint density at radius 1 is 0.950 bits per heavy atom. The van der Waals surface area contributed by atoms with Gasteiger partial charge in [0, 0.05) is 0 Å². The summed E-state index contributed by atoms with van der Waals surface area (Å²) >= 11 is 6.91. The monoisotopic (exact) mass is 398 g/mol. The first-order chi connectivity index (χ1) is 9.29. The van der Waals surface area contributed by atoms with Crippen LogP contribution in [0.4, 0.5) is 4.39 Å². The van der Waals surface area contributed by atoms with Gasteiger partial charge in [-0.3, -0.25) is 0 Å². The molecule has 0 fully saturated rings. The molecule has 2 aromatic rings. The molecule has 1 unspecified atom stereocenters. The van der Waals surface area contributed by atoms with Gasteiger partial charge < -0.3 is 0 Å². The van der Waals surface area contributed by atoms with E-state index in [1.807, 2.05) is 6.07 Å². The molecule has 0 aliphatic heterocycles. The van der Waals surface area contributed by atoms with Crippen LogP contribution < -0.4 is 0 Å². The Balaban J connectivity index is 2.29. The topological polar surface area (TPSA) is 0 Å². The predicted molar refractivity (Wildman–Crippen MR) is 90.0 cm³/mol. The Kier molecular flexibility index (Phi) is 4.70. The molecule has 0 radical (unpaired) electrons. The van der Waals surface area contributed by atoms with E-state index in [9.17, 15) is 4.39 Å². The third kappa shape index (κ3) is 3.50. The van der Waals surface area contributed by atoms with Crippen molar-refractivity contribution < 1.29 is 4.39 Å². The number of halogens is 3.